The Morgan fingerprint density at radius 1 is 1.08 bits per heavy atom. The van der Waals surface area contributed by atoms with Crippen molar-refractivity contribution >= 4 is 27.6 Å². The summed E-state index contributed by atoms with van der Waals surface area (Å²) in [4.78, 5) is 10.7. The van der Waals surface area contributed by atoms with Crippen molar-refractivity contribution in [3.05, 3.63) is 59.1 Å². The molecule has 3 N–H and O–H groups in total. The molecule has 0 saturated carbocycles. The zero-order valence-electron chi connectivity index (χ0n) is 13.6. The number of aliphatic carboxylic acids is 1. The Morgan fingerprint density at radius 2 is 1.72 bits per heavy atom. The molecule has 1 atom stereocenters. The van der Waals surface area contributed by atoms with Gasteiger partial charge in [0.05, 0.1) is 5.25 Å². The number of primary sulfonamides is 1. The lowest BCUT2D eigenvalue weighted by atomic mass is 9.95. The van der Waals surface area contributed by atoms with Gasteiger partial charge in [-0.25, -0.2) is 13.6 Å². The summed E-state index contributed by atoms with van der Waals surface area (Å²) in [5, 5.41) is 13.8. The van der Waals surface area contributed by atoms with Gasteiger partial charge in [-0.1, -0.05) is 48.0 Å². The van der Waals surface area contributed by atoms with Crippen LogP contribution in [0.25, 0.3) is 11.1 Å². The second kappa shape index (κ2) is 8.47. The van der Waals surface area contributed by atoms with E-state index in [-0.39, 0.29) is 19.3 Å². The quantitative estimate of drug-likeness (QED) is 0.731. The lowest BCUT2D eigenvalue weighted by molar-refractivity contribution is -0.137. The van der Waals surface area contributed by atoms with Crippen LogP contribution in [-0.4, -0.2) is 24.7 Å². The van der Waals surface area contributed by atoms with E-state index in [1.165, 1.54) is 0 Å². The normalized spacial score (nSPS) is 12.7. The lowest BCUT2D eigenvalue weighted by Crippen LogP contribution is -2.29. The molecule has 2 aromatic rings. The van der Waals surface area contributed by atoms with Crippen LogP contribution in [0.5, 0.6) is 0 Å². The van der Waals surface area contributed by atoms with Gasteiger partial charge in [0.1, 0.15) is 0 Å². The predicted molar refractivity (Wildman–Crippen MR) is 99.0 cm³/mol. The number of carboxylic acid groups (broad SMARTS) is 1. The summed E-state index contributed by atoms with van der Waals surface area (Å²) in [6.07, 6.45) is 0.549. The van der Waals surface area contributed by atoms with Crippen LogP contribution in [0.4, 0.5) is 0 Å². The molecule has 0 saturated heterocycles. The molecule has 0 heterocycles. The third-order valence-electron chi connectivity index (χ3n) is 4.05. The van der Waals surface area contributed by atoms with Crippen molar-refractivity contribution in [2.75, 3.05) is 0 Å². The fraction of sp³-hybridized carbons (Fsp3) is 0.278. The summed E-state index contributed by atoms with van der Waals surface area (Å²) in [5.41, 5.74) is 2.96. The molecular formula is C18H20ClNO4S. The van der Waals surface area contributed by atoms with Gasteiger partial charge in [-0.05, 0) is 48.1 Å². The molecule has 0 radical (unpaired) electrons. The third kappa shape index (κ3) is 5.85. The van der Waals surface area contributed by atoms with Crippen LogP contribution in [-0.2, 0) is 21.2 Å². The van der Waals surface area contributed by atoms with Crippen LogP contribution in [0.15, 0.2) is 48.5 Å². The van der Waals surface area contributed by atoms with Gasteiger partial charge in [-0.2, -0.15) is 0 Å². The molecule has 2 aromatic carbocycles. The lowest BCUT2D eigenvalue weighted by Gasteiger charge is -2.15. The minimum absolute atomic E-state index is 0.0112. The van der Waals surface area contributed by atoms with Crippen LogP contribution in [0.2, 0.25) is 5.02 Å². The summed E-state index contributed by atoms with van der Waals surface area (Å²) in [6.45, 7) is 0. The summed E-state index contributed by atoms with van der Waals surface area (Å²) < 4.78 is 23.5. The first-order valence-corrected chi connectivity index (χ1v) is 9.83. The number of carbonyl (C=O) groups is 1. The molecule has 0 aliphatic rings. The fourth-order valence-corrected chi connectivity index (χ4v) is 3.74. The van der Waals surface area contributed by atoms with Crippen LogP contribution in [0.3, 0.4) is 0 Å². The predicted octanol–water partition coefficient (Wildman–Crippen LogP) is 3.46. The largest absolute Gasteiger partial charge is 0.481 e. The van der Waals surface area contributed by atoms with E-state index in [0.29, 0.717) is 11.4 Å². The first-order valence-electron chi connectivity index (χ1n) is 7.84. The van der Waals surface area contributed by atoms with Crippen LogP contribution < -0.4 is 5.14 Å². The highest BCUT2D eigenvalue weighted by molar-refractivity contribution is 7.89. The fourth-order valence-electron chi connectivity index (χ4n) is 2.72. The number of halogens is 1. The van der Waals surface area contributed by atoms with E-state index in [1.807, 2.05) is 36.4 Å². The minimum Gasteiger partial charge on any atom is -0.481 e. The molecular weight excluding hydrogens is 362 g/mol. The number of benzene rings is 2. The molecule has 134 valence electrons. The maximum Gasteiger partial charge on any atom is 0.303 e. The molecule has 0 bridgehead atoms. The average Bonchev–Trinajstić information content (AvgIpc) is 2.54. The van der Waals surface area contributed by atoms with Gasteiger partial charge in [-0.15, -0.1) is 0 Å². The number of aryl methyl sites for hydroxylation is 1. The van der Waals surface area contributed by atoms with Gasteiger partial charge in [0.2, 0.25) is 10.0 Å². The Kier molecular flexibility index (Phi) is 6.58. The summed E-state index contributed by atoms with van der Waals surface area (Å²) >= 11 is 5.92. The zero-order valence-corrected chi connectivity index (χ0v) is 15.1. The highest BCUT2D eigenvalue weighted by Gasteiger charge is 2.22. The second-order valence-electron chi connectivity index (χ2n) is 5.85. The maximum atomic E-state index is 11.7. The van der Waals surface area contributed by atoms with Crippen molar-refractivity contribution in [2.24, 2.45) is 5.14 Å². The number of rotatable bonds is 8. The smallest absolute Gasteiger partial charge is 0.303 e. The summed E-state index contributed by atoms with van der Waals surface area (Å²) in [5.74, 6) is -1.03. The standard InChI is InChI=1S/C18H20ClNO4S/c19-15-8-5-14(6-9-15)17-4-2-1-3-13(17)7-10-16(25(20,23)24)11-12-18(21)22/h1-6,8-9,16H,7,10-12H2,(H,21,22)(H2,20,23,24). The maximum absolute atomic E-state index is 11.7. The molecule has 5 nitrogen and oxygen atoms in total. The molecule has 0 spiro atoms. The van der Waals surface area contributed by atoms with Crippen molar-refractivity contribution in [2.45, 2.75) is 30.9 Å². The number of carboxylic acids is 1. The second-order valence-corrected chi connectivity index (χ2v) is 8.13. The third-order valence-corrected chi connectivity index (χ3v) is 5.71. The Hall–Kier alpha value is -1.89. The molecule has 1 unspecified atom stereocenters. The van der Waals surface area contributed by atoms with E-state index in [1.54, 1.807) is 12.1 Å². The van der Waals surface area contributed by atoms with Gasteiger partial charge in [0, 0.05) is 11.4 Å². The average molecular weight is 382 g/mol. The zero-order chi connectivity index (χ0) is 18.4. The number of nitrogens with two attached hydrogens (primary N) is 1. The van der Waals surface area contributed by atoms with Crippen molar-refractivity contribution in [3.8, 4) is 11.1 Å². The van der Waals surface area contributed by atoms with Crippen molar-refractivity contribution < 1.29 is 18.3 Å². The molecule has 0 aliphatic carbocycles. The van der Waals surface area contributed by atoms with Crippen LogP contribution >= 0.6 is 11.6 Å². The SMILES string of the molecule is NS(=O)(=O)C(CCC(=O)O)CCc1ccccc1-c1ccc(Cl)cc1. The molecule has 25 heavy (non-hydrogen) atoms. The first-order chi connectivity index (χ1) is 11.8. The molecule has 0 aliphatic heterocycles. The van der Waals surface area contributed by atoms with Crippen molar-refractivity contribution in [3.63, 3.8) is 0 Å². The molecule has 0 amide bonds. The van der Waals surface area contributed by atoms with Gasteiger partial charge in [0.15, 0.2) is 0 Å². The van der Waals surface area contributed by atoms with Gasteiger partial charge in [-0.3, -0.25) is 4.79 Å². The van der Waals surface area contributed by atoms with Gasteiger partial charge in [0.25, 0.3) is 0 Å². The van der Waals surface area contributed by atoms with Gasteiger partial charge >= 0.3 is 5.97 Å². The first kappa shape index (κ1) is 19.4. The van der Waals surface area contributed by atoms with Crippen LogP contribution in [0.1, 0.15) is 24.8 Å². The Labute approximate surface area is 152 Å². The molecule has 0 aromatic heterocycles. The Balaban J connectivity index is 2.19. The molecule has 7 heteroatoms. The van der Waals surface area contributed by atoms with Crippen molar-refractivity contribution in [1.29, 1.82) is 0 Å². The van der Waals surface area contributed by atoms with Gasteiger partial charge < -0.3 is 5.11 Å². The highest BCUT2D eigenvalue weighted by atomic mass is 35.5. The van der Waals surface area contributed by atoms with Crippen molar-refractivity contribution in [1.82, 2.24) is 0 Å². The Morgan fingerprint density at radius 3 is 2.32 bits per heavy atom. The van der Waals surface area contributed by atoms with E-state index in [9.17, 15) is 13.2 Å². The van der Waals surface area contributed by atoms with E-state index < -0.39 is 21.2 Å². The van der Waals surface area contributed by atoms with E-state index in [4.69, 9.17) is 21.8 Å². The summed E-state index contributed by atoms with van der Waals surface area (Å²) in [6, 6.07) is 15.1. The summed E-state index contributed by atoms with van der Waals surface area (Å²) in [7, 11) is -3.79. The van der Waals surface area contributed by atoms with Crippen LogP contribution in [0, 0.1) is 0 Å². The Bertz CT molecular complexity index is 834. The van der Waals surface area contributed by atoms with E-state index in [2.05, 4.69) is 0 Å². The number of sulfonamides is 1. The van der Waals surface area contributed by atoms with E-state index >= 15 is 0 Å². The minimum atomic E-state index is -3.79. The number of hydrogen-bond donors (Lipinski definition) is 2. The molecule has 0 fully saturated rings. The monoisotopic (exact) mass is 381 g/mol. The topological polar surface area (TPSA) is 97.5 Å². The molecule has 2 rings (SSSR count). The highest BCUT2D eigenvalue weighted by Crippen LogP contribution is 2.27. The van der Waals surface area contributed by atoms with E-state index in [0.717, 1.165) is 16.7 Å². The number of hydrogen-bond acceptors (Lipinski definition) is 3.